The Hall–Kier alpha value is -1.27. The van der Waals surface area contributed by atoms with Gasteiger partial charge >= 0.3 is 0 Å². The molecule has 2 aromatic rings. The van der Waals surface area contributed by atoms with E-state index in [0.717, 1.165) is 5.56 Å². The molecule has 1 atom stereocenters. The van der Waals surface area contributed by atoms with Crippen LogP contribution in [0.5, 0.6) is 0 Å². The number of hydrogen-bond donors (Lipinski definition) is 1. The van der Waals surface area contributed by atoms with Gasteiger partial charge < -0.3 is 9.84 Å². The Bertz CT molecular complexity index is 544. The lowest BCUT2D eigenvalue weighted by atomic mass is 10.1. The van der Waals surface area contributed by atoms with Crippen molar-refractivity contribution in [2.45, 2.75) is 26.4 Å². The van der Waals surface area contributed by atoms with Crippen LogP contribution in [0.2, 0.25) is 0 Å². The van der Waals surface area contributed by atoms with Crippen LogP contribution in [-0.4, -0.2) is 10.1 Å². The fourth-order valence-corrected chi connectivity index (χ4v) is 1.95. The maximum Gasteiger partial charge on any atom is 0.240 e. The van der Waals surface area contributed by atoms with E-state index in [1.807, 2.05) is 6.92 Å². The maximum atomic E-state index is 13.1. The minimum absolute atomic E-state index is 0.0640. The van der Waals surface area contributed by atoms with Gasteiger partial charge in [-0.15, -0.1) is 0 Å². The van der Waals surface area contributed by atoms with Gasteiger partial charge in [-0.05, 0) is 47.5 Å². The fourth-order valence-electron chi connectivity index (χ4n) is 1.55. The predicted molar refractivity (Wildman–Crippen MR) is 68.4 cm³/mol. The highest BCUT2D eigenvalue weighted by Crippen LogP contribution is 2.21. The predicted octanol–water partition coefficient (Wildman–Crippen LogP) is 3.13. The number of hydrogen-bond acceptors (Lipinski definition) is 4. The average molecular weight is 314 g/mol. The van der Waals surface area contributed by atoms with E-state index in [-0.39, 0.29) is 11.9 Å². The van der Waals surface area contributed by atoms with E-state index in [9.17, 15) is 4.39 Å². The third kappa shape index (κ3) is 3.14. The number of nitrogens with one attached hydrogen (secondary N) is 1. The minimum Gasteiger partial charge on any atom is -0.338 e. The largest absolute Gasteiger partial charge is 0.338 e. The van der Waals surface area contributed by atoms with Crippen molar-refractivity contribution in [2.24, 2.45) is 0 Å². The zero-order chi connectivity index (χ0) is 13.1. The zero-order valence-corrected chi connectivity index (χ0v) is 11.7. The Morgan fingerprint density at radius 3 is 2.89 bits per heavy atom. The molecule has 0 radical (unpaired) electrons. The van der Waals surface area contributed by atoms with Crippen molar-refractivity contribution in [1.29, 1.82) is 0 Å². The first-order valence-corrected chi connectivity index (χ1v) is 6.33. The summed E-state index contributed by atoms with van der Waals surface area (Å²) < 4.78 is 18.6. The molecule has 0 bridgehead atoms. The quantitative estimate of drug-likeness (QED) is 0.942. The molecule has 2 rings (SSSR count). The molecule has 0 aliphatic rings. The molecule has 1 heterocycles. The number of nitrogens with zero attached hydrogens (tertiary/aromatic N) is 2. The molecule has 0 aliphatic carbocycles. The van der Waals surface area contributed by atoms with Crippen molar-refractivity contribution in [3.8, 4) is 0 Å². The first-order valence-electron chi connectivity index (χ1n) is 5.54. The van der Waals surface area contributed by atoms with E-state index in [1.165, 1.54) is 6.07 Å². The molecule has 0 aliphatic heterocycles. The lowest BCUT2D eigenvalue weighted by Gasteiger charge is -2.13. The second kappa shape index (κ2) is 5.58. The molecule has 0 fully saturated rings. The lowest BCUT2D eigenvalue weighted by molar-refractivity contribution is 0.357. The Labute approximate surface area is 113 Å². The molecule has 1 unspecified atom stereocenters. The SMILES string of the molecule is Cc1noc(CNC(C)c2ccc(F)c(Br)c2)n1. The van der Waals surface area contributed by atoms with Crippen LogP contribution in [0.15, 0.2) is 27.2 Å². The van der Waals surface area contributed by atoms with Crippen molar-refractivity contribution in [1.82, 2.24) is 15.5 Å². The highest BCUT2D eigenvalue weighted by atomic mass is 79.9. The summed E-state index contributed by atoms with van der Waals surface area (Å²) in [6, 6.07) is 5.01. The number of benzene rings is 1. The Morgan fingerprint density at radius 2 is 2.28 bits per heavy atom. The Balaban J connectivity index is 1.99. The second-order valence-electron chi connectivity index (χ2n) is 4.01. The summed E-state index contributed by atoms with van der Waals surface area (Å²) in [7, 11) is 0. The van der Waals surface area contributed by atoms with Crippen LogP contribution in [0, 0.1) is 12.7 Å². The van der Waals surface area contributed by atoms with Gasteiger partial charge in [0.15, 0.2) is 5.82 Å². The van der Waals surface area contributed by atoms with Gasteiger partial charge in [0, 0.05) is 6.04 Å². The monoisotopic (exact) mass is 313 g/mol. The fraction of sp³-hybridized carbons (Fsp3) is 0.333. The molecule has 0 saturated heterocycles. The summed E-state index contributed by atoms with van der Waals surface area (Å²) in [5, 5.41) is 6.95. The van der Waals surface area contributed by atoms with Gasteiger partial charge in [-0.25, -0.2) is 4.39 Å². The summed E-state index contributed by atoms with van der Waals surface area (Å²) in [6.07, 6.45) is 0. The number of halogens is 2. The number of aryl methyl sites for hydroxylation is 1. The van der Waals surface area contributed by atoms with Crippen LogP contribution in [-0.2, 0) is 6.54 Å². The van der Waals surface area contributed by atoms with Gasteiger partial charge in [-0.1, -0.05) is 11.2 Å². The van der Waals surface area contributed by atoms with Crippen LogP contribution in [0.3, 0.4) is 0 Å². The standard InChI is InChI=1S/C12H13BrFN3O/c1-7(9-3-4-11(14)10(13)5-9)15-6-12-16-8(2)17-18-12/h3-5,7,15H,6H2,1-2H3. The molecule has 1 N–H and O–H groups in total. The molecule has 0 saturated carbocycles. The number of rotatable bonds is 4. The van der Waals surface area contributed by atoms with E-state index in [4.69, 9.17) is 4.52 Å². The van der Waals surface area contributed by atoms with Gasteiger partial charge in [-0.3, -0.25) is 0 Å². The van der Waals surface area contributed by atoms with Gasteiger partial charge in [0.2, 0.25) is 5.89 Å². The van der Waals surface area contributed by atoms with Gasteiger partial charge in [-0.2, -0.15) is 4.98 Å². The molecular formula is C12H13BrFN3O. The summed E-state index contributed by atoms with van der Waals surface area (Å²) >= 11 is 3.17. The lowest BCUT2D eigenvalue weighted by Crippen LogP contribution is -2.18. The summed E-state index contributed by atoms with van der Waals surface area (Å²) in [5.41, 5.74) is 0.986. The van der Waals surface area contributed by atoms with E-state index in [2.05, 4.69) is 31.4 Å². The molecule has 6 heteroatoms. The van der Waals surface area contributed by atoms with Crippen LogP contribution in [0.1, 0.15) is 30.2 Å². The number of aromatic nitrogens is 2. The van der Waals surface area contributed by atoms with Crippen molar-refractivity contribution < 1.29 is 8.91 Å². The summed E-state index contributed by atoms with van der Waals surface area (Å²) in [6.45, 7) is 4.24. The first kappa shape index (κ1) is 13.2. The third-order valence-corrected chi connectivity index (χ3v) is 3.18. The van der Waals surface area contributed by atoms with E-state index < -0.39 is 0 Å². The first-order chi connectivity index (χ1) is 8.56. The van der Waals surface area contributed by atoms with Crippen LogP contribution in [0.4, 0.5) is 4.39 Å². The normalized spacial score (nSPS) is 12.7. The van der Waals surface area contributed by atoms with Crippen LogP contribution >= 0.6 is 15.9 Å². The summed E-state index contributed by atoms with van der Waals surface area (Å²) in [5.74, 6) is 0.892. The molecule has 1 aromatic heterocycles. The topological polar surface area (TPSA) is 51.0 Å². The van der Waals surface area contributed by atoms with Gasteiger partial charge in [0.05, 0.1) is 11.0 Å². The van der Waals surface area contributed by atoms with Crippen molar-refractivity contribution in [2.75, 3.05) is 0 Å². The van der Waals surface area contributed by atoms with E-state index >= 15 is 0 Å². The zero-order valence-electron chi connectivity index (χ0n) is 10.1. The molecule has 18 heavy (non-hydrogen) atoms. The molecule has 96 valence electrons. The molecular weight excluding hydrogens is 301 g/mol. The molecule has 1 aromatic carbocycles. The third-order valence-electron chi connectivity index (χ3n) is 2.57. The smallest absolute Gasteiger partial charge is 0.240 e. The second-order valence-corrected chi connectivity index (χ2v) is 4.87. The highest BCUT2D eigenvalue weighted by Gasteiger charge is 2.09. The van der Waals surface area contributed by atoms with Crippen LogP contribution < -0.4 is 5.32 Å². The van der Waals surface area contributed by atoms with Crippen molar-refractivity contribution >= 4 is 15.9 Å². The van der Waals surface area contributed by atoms with Crippen molar-refractivity contribution in [3.63, 3.8) is 0 Å². The minimum atomic E-state index is -0.265. The highest BCUT2D eigenvalue weighted by molar-refractivity contribution is 9.10. The molecule has 0 amide bonds. The molecule has 0 spiro atoms. The summed E-state index contributed by atoms with van der Waals surface area (Å²) in [4.78, 5) is 4.10. The Morgan fingerprint density at radius 1 is 1.50 bits per heavy atom. The van der Waals surface area contributed by atoms with E-state index in [1.54, 1.807) is 19.1 Å². The average Bonchev–Trinajstić information content (AvgIpc) is 2.75. The van der Waals surface area contributed by atoms with Crippen LogP contribution in [0.25, 0.3) is 0 Å². The maximum absolute atomic E-state index is 13.1. The Kier molecular flexibility index (Phi) is 4.08. The van der Waals surface area contributed by atoms with Crippen molar-refractivity contribution in [3.05, 3.63) is 45.8 Å². The van der Waals surface area contributed by atoms with E-state index in [0.29, 0.717) is 22.7 Å². The van der Waals surface area contributed by atoms with Gasteiger partial charge in [0.1, 0.15) is 5.82 Å². The van der Waals surface area contributed by atoms with Gasteiger partial charge in [0.25, 0.3) is 0 Å². The molecule has 4 nitrogen and oxygen atoms in total.